The predicted molar refractivity (Wildman–Crippen MR) is 126 cm³/mol. The van der Waals surface area contributed by atoms with E-state index in [-0.39, 0.29) is 30.3 Å². The molecule has 0 bridgehead atoms. The van der Waals surface area contributed by atoms with Crippen LogP contribution in [0.1, 0.15) is 47.7 Å². The van der Waals surface area contributed by atoms with Crippen molar-refractivity contribution >= 4 is 34.8 Å². The van der Waals surface area contributed by atoms with Crippen molar-refractivity contribution in [2.75, 3.05) is 26.2 Å². The van der Waals surface area contributed by atoms with Crippen molar-refractivity contribution in [2.45, 2.75) is 45.1 Å². The topological polar surface area (TPSA) is 49.9 Å². The van der Waals surface area contributed by atoms with Crippen molar-refractivity contribution in [1.82, 2.24) is 9.80 Å². The lowest BCUT2D eigenvalue weighted by Crippen LogP contribution is -2.48. The summed E-state index contributed by atoms with van der Waals surface area (Å²) in [7, 11) is 0. The maximum Gasteiger partial charge on any atom is 0.242 e. The van der Waals surface area contributed by atoms with E-state index in [1.54, 1.807) is 11.3 Å². The van der Waals surface area contributed by atoms with E-state index in [4.69, 9.17) is 16.3 Å². The molecule has 5 rings (SSSR count). The molecule has 1 aromatic carbocycles. The number of nitrogens with zero attached hydrogens (tertiary/aromatic N) is 2. The van der Waals surface area contributed by atoms with E-state index in [0.29, 0.717) is 24.1 Å². The van der Waals surface area contributed by atoms with Gasteiger partial charge in [-0.25, -0.2) is 0 Å². The van der Waals surface area contributed by atoms with Crippen LogP contribution in [0.5, 0.6) is 5.75 Å². The molecule has 1 aromatic heterocycles. The first-order valence-electron chi connectivity index (χ1n) is 11.5. The fourth-order valence-electron chi connectivity index (χ4n) is 4.44. The molecule has 32 heavy (non-hydrogen) atoms. The minimum atomic E-state index is -0.146. The molecule has 170 valence electrons. The first kappa shape index (κ1) is 21.8. The fraction of sp³-hybridized carbons (Fsp3) is 0.520. The highest BCUT2D eigenvalue weighted by molar-refractivity contribution is 7.10. The Morgan fingerprint density at radius 2 is 2.03 bits per heavy atom. The largest absolute Gasteiger partial charge is 0.491 e. The molecule has 0 unspecified atom stereocenters. The number of hydrogen-bond donors (Lipinski definition) is 0. The molecule has 5 nitrogen and oxygen atoms in total. The van der Waals surface area contributed by atoms with Crippen molar-refractivity contribution in [3.63, 3.8) is 0 Å². The van der Waals surface area contributed by atoms with Gasteiger partial charge in [0.25, 0.3) is 0 Å². The summed E-state index contributed by atoms with van der Waals surface area (Å²) in [6, 6.07) is 7.60. The first-order chi connectivity index (χ1) is 15.5. The van der Waals surface area contributed by atoms with Crippen molar-refractivity contribution in [2.24, 2.45) is 11.8 Å². The van der Waals surface area contributed by atoms with E-state index in [1.807, 2.05) is 34.9 Å². The number of halogens is 1. The SMILES string of the molecule is Cc1cc(OC[C@H]2c3ccsc3CCN2C(=O)CN(CC2CC2)C(=O)C2CC2)ccc1Cl. The molecule has 1 aliphatic heterocycles. The molecule has 2 saturated carbocycles. The van der Waals surface area contributed by atoms with Gasteiger partial charge in [-0.05, 0) is 85.7 Å². The highest BCUT2D eigenvalue weighted by atomic mass is 35.5. The first-order valence-corrected chi connectivity index (χ1v) is 12.8. The normalized spacial score (nSPS) is 20.1. The van der Waals surface area contributed by atoms with Crippen molar-refractivity contribution in [1.29, 1.82) is 0 Å². The van der Waals surface area contributed by atoms with E-state index in [9.17, 15) is 9.59 Å². The standard InChI is InChI=1S/C25H29ClN2O3S/c1-16-12-19(6-7-21(16)26)31-15-22-20-9-11-32-23(20)8-10-28(22)24(29)14-27(13-17-2-3-17)25(30)18-4-5-18/h6-7,9,11-12,17-18,22H,2-5,8,10,13-15H2,1H3/t22-/m0/s1. The number of ether oxygens (including phenoxy) is 1. The molecular weight excluding hydrogens is 444 g/mol. The molecule has 0 saturated heterocycles. The number of hydrogen-bond acceptors (Lipinski definition) is 4. The summed E-state index contributed by atoms with van der Waals surface area (Å²) in [5.74, 6) is 1.66. The van der Waals surface area contributed by atoms with Crippen LogP contribution in [-0.4, -0.2) is 47.9 Å². The quantitative estimate of drug-likeness (QED) is 0.551. The minimum absolute atomic E-state index is 0.0254. The number of benzene rings is 1. The Bertz CT molecular complexity index is 1010. The third kappa shape index (κ3) is 4.81. The maximum atomic E-state index is 13.5. The van der Waals surface area contributed by atoms with Gasteiger partial charge < -0.3 is 14.5 Å². The molecular formula is C25H29ClN2O3S. The third-order valence-corrected chi connectivity index (χ3v) is 8.11. The van der Waals surface area contributed by atoms with Crippen LogP contribution in [0.4, 0.5) is 0 Å². The van der Waals surface area contributed by atoms with Crippen LogP contribution in [-0.2, 0) is 16.0 Å². The molecule has 2 amide bonds. The van der Waals surface area contributed by atoms with Gasteiger partial charge in [-0.15, -0.1) is 11.3 Å². The van der Waals surface area contributed by atoms with Crippen LogP contribution in [0, 0.1) is 18.8 Å². The molecule has 2 heterocycles. The van der Waals surface area contributed by atoms with Crippen LogP contribution in [0.2, 0.25) is 5.02 Å². The molecule has 1 atom stereocenters. The van der Waals surface area contributed by atoms with E-state index in [2.05, 4.69) is 11.4 Å². The van der Waals surface area contributed by atoms with Crippen LogP contribution in [0.3, 0.4) is 0 Å². The van der Waals surface area contributed by atoms with Crippen LogP contribution in [0.25, 0.3) is 0 Å². The molecule has 2 fully saturated rings. The summed E-state index contributed by atoms with van der Waals surface area (Å²) in [4.78, 5) is 31.4. The molecule has 2 aromatic rings. The zero-order valence-electron chi connectivity index (χ0n) is 18.4. The number of carbonyl (C=O) groups excluding carboxylic acids is 2. The van der Waals surface area contributed by atoms with E-state index in [1.165, 1.54) is 23.3 Å². The van der Waals surface area contributed by atoms with Crippen LogP contribution < -0.4 is 4.74 Å². The van der Waals surface area contributed by atoms with Gasteiger partial charge in [0.15, 0.2) is 0 Å². The van der Waals surface area contributed by atoms with E-state index in [0.717, 1.165) is 37.1 Å². The van der Waals surface area contributed by atoms with Gasteiger partial charge in [0.2, 0.25) is 11.8 Å². The molecule has 7 heteroatoms. The summed E-state index contributed by atoms with van der Waals surface area (Å²) in [6.45, 7) is 3.91. The van der Waals surface area contributed by atoms with Gasteiger partial charge >= 0.3 is 0 Å². The second kappa shape index (κ2) is 9.06. The number of amides is 2. The number of fused-ring (bicyclic) bond motifs is 1. The van der Waals surface area contributed by atoms with Gasteiger partial charge in [-0.1, -0.05) is 11.6 Å². The smallest absolute Gasteiger partial charge is 0.242 e. The lowest BCUT2D eigenvalue weighted by molar-refractivity contribution is -0.143. The highest BCUT2D eigenvalue weighted by Gasteiger charge is 2.39. The molecule has 0 spiro atoms. The summed E-state index contributed by atoms with van der Waals surface area (Å²) >= 11 is 7.89. The summed E-state index contributed by atoms with van der Waals surface area (Å²) in [5, 5.41) is 2.80. The Morgan fingerprint density at radius 3 is 2.75 bits per heavy atom. The number of thiophene rings is 1. The van der Waals surface area contributed by atoms with Gasteiger partial charge in [0, 0.05) is 28.9 Å². The van der Waals surface area contributed by atoms with Crippen molar-refractivity contribution in [3.05, 3.63) is 50.7 Å². The Balaban J connectivity index is 1.31. The number of rotatable bonds is 8. The summed E-state index contributed by atoms with van der Waals surface area (Å²) in [6.07, 6.45) is 5.12. The van der Waals surface area contributed by atoms with Crippen molar-refractivity contribution in [3.8, 4) is 5.75 Å². The fourth-order valence-corrected chi connectivity index (χ4v) is 5.49. The van der Waals surface area contributed by atoms with E-state index < -0.39 is 0 Å². The Kier molecular flexibility index (Phi) is 6.17. The molecule has 2 aliphatic carbocycles. The predicted octanol–water partition coefficient (Wildman–Crippen LogP) is 4.86. The monoisotopic (exact) mass is 472 g/mol. The van der Waals surface area contributed by atoms with Crippen LogP contribution >= 0.6 is 22.9 Å². The van der Waals surface area contributed by atoms with E-state index >= 15 is 0 Å². The third-order valence-electron chi connectivity index (χ3n) is 6.69. The molecule has 3 aliphatic rings. The average molecular weight is 473 g/mol. The number of aryl methyl sites for hydroxylation is 1. The molecule has 0 N–H and O–H groups in total. The van der Waals surface area contributed by atoms with Gasteiger partial charge in [0.1, 0.15) is 12.4 Å². The summed E-state index contributed by atoms with van der Waals surface area (Å²) < 4.78 is 6.13. The zero-order chi connectivity index (χ0) is 22.2. The Hall–Kier alpha value is -2.05. The van der Waals surface area contributed by atoms with Crippen molar-refractivity contribution < 1.29 is 14.3 Å². The second-order valence-corrected chi connectivity index (χ2v) is 10.7. The Labute approximate surface area is 198 Å². The zero-order valence-corrected chi connectivity index (χ0v) is 20.0. The van der Waals surface area contributed by atoms with Gasteiger partial charge in [0.05, 0.1) is 12.6 Å². The Morgan fingerprint density at radius 1 is 1.22 bits per heavy atom. The summed E-state index contributed by atoms with van der Waals surface area (Å²) in [5.41, 5.74) is 2.13. The van der Waals surface area contributed by atoms with Gasteiger partial charge in [-0.3, -0.25) is 9.59 Å². The molecule has 0 radical (unpaired) electrons. The maximum absolute atomic E-state index is 13.5. The van der Waals surface area contributed by atoms with Crippen LogP contribution in [0.15, 0.2) is 29.6 Å². The average Bonchev–Trinajstić information content (AvgIpc) is 3.72. The highest BCUT2D eigenvalue weighted by Crippen LogP contribution is 2.36. The lowest BCUT2D eigenvalue weighted by Gasteiger charge is -2.37. The second-order valence-electron chi connectivity index (χ2n) is 9.31. The minimum Gasteiger partial charge on any atom is -0.491 e. The number of carbonyl (C=O) groups is 2. The lowest BCUT2D eigenvalue weighted by atomic mass is 10.0. The van der Waals surface area contributed by atoms with Gasteiger partial charge in [-0.2, -0.15) is 0 Å².